The van der Waals surface area contributed by atoms with Crippen molar-refractivity contribution in [1.82, 2.24) is 15.1 Å². The van der Waals surface area contributed by atoms with Gasteiger partial charge < -0.3 is 14.9 Å². The highest BCUT2D eigenvalue weighted by molar-refractivity contribution is 8.13. The van der Waals surface area contributed by atoms with Crippen LogP contribution in [0.15, 0.2) is 35.3 Å². The number of aliphatic imine (C=N–C) groups is 1. The molecule has 2 N–H and O–H groups in total. The Hall–Kier alpha value is -1.77. The van der Waals surface area contributed by atoms with Crippen LogP contribution < -0.4 is 5.32 Å². The summed E-state index contributed by atoms with van der Waals surface area (Å²) in [6, 6.07) is 9.16. The summed E-state index contributed by atoms with van der Waals surface area (Å²) in [4.78, 5) is 32.4. The number of benzene rings is 1. The summed E-state index contributed by atoms with van der Waals surface area (Å²) in [6.45, 7) is 0.633. The van der Waals surface area contributed by atoms with Gasteiger partial charge in [-0.1, -0.05) is 42.1 Å². The number of carbonyl (C=O) groups is 2. The second-order valence-corrected chi connectivity index (χ2v) is 7.87. The Labute approximate surface area is 167 Å². The van der Waals surface area contributed by atoms with E-state index in [1.807, 2.05) is 23.1 Å². The molecule has 3 rings (SSSR count). The summed E-state index contributed by atoms with van der Waals surface area (Å²) in [5.41, 5.74) is 1.23. The van der Waals surface area contributed by atoms with E-state index in [9.17, 15) is 14.7 Å². The molecule has 1 aromatic carbocycles. The van der Waals surface area contributed by atoms with Crippen LogP contribution in [0.1, 0.15) is 12.0 Å². The number of amides is 3. The second kappa shape index (κ2) is 8.95. The molecule has 0 aliphatic carbocycles. The van der Waals surface area contributed by atoms with Crippen molar-refractivity contribution >= 4 is 40.5 Å². The molecule has 0 bridgehead atoms. The van der Waals surface area contributed by atoms with Crippen LogP contribution in [0.2, 0.25) is 0 Å². The van der Waals surface area contributed by atoms with Crippen molar-refractivity contribution in [2.75, 3.05) is 25.2 Å². The molecular weight excluding hydrogens is 388 g/mol. The fourth-order valence-corrected chi connectivity index (χ4v) is 4.42. The monoisotopic (exact) mass is 410 g/mol. The van der Waals surface area contributed by atoms with Gasteiger partial charge in [0.05, 0.1) is 6.10 Å². The molecule has 3 unspecified atom stereocenters. The number of aliphatic hydroxyl groups excluding tert-OH is 1. The molecule has 2 aliphatic rings. The zero-order valence-electron chi connectivity index (χ0n) is 15.0. The summed E-state index contributed by atoms with van der Waals surface area (Å²) >= 11 is 7.04. The van der Waals surface area contributed by atoms with E-state index in [4.69, 9.17) is 11.6 Å². The number of hydrogen-bond acceptors (Lipinski definition) is 6. The average Bonchev–Trinajstić information content (AvgIpc) is 3.04. The summed E-state index contributed by atoms with van der Waals surface area (Å²) in [7, 11) is 1.63. The van der Waals surface area contributed by atoms with Gasteiger partial charge in [0, 0.05) is 25.2 Å². The van der Waals surface area contributed by atoms with Crippen LogP contribution >= 0.6 is 23.4 Å². The number of halogens is 1. The van der Waals surface area contributed by atoms with Gasteiger partial charge in [0.15, 0.2) is 17.4 Å². The molecule has 27 heavy (non-hydrogen) atoms. The number of fused-ring (bicyclic) bond motifs is 1. The van der Waals surface area contributed by atoms with Crippen LogP contribution in [-0.2, 0) is 11.2 Å². The smallest absolute Gasteiger partial charge is 0.325 e. The van der Waals surface area contributed by atoms with E-state index < -0.39 is 24.3 Å². The number of hydrogen-bond donors (Lipinski definition) is 2. The Morgan fingerprint density at radius 3 is 2.78 bits per heavy atom. The van der Waals surface area contributed by atoms with Crippen molar-refractivity contribution in [2.24, 2.45) is 4.99 Å². The first-order chi connectivity index (χ1) is 13.0. The van der Waals surface area contributed by atoms with Gasteiger partial charge in [-0.05, 0) is 18.4 Å². The fourth-order valence-electron chi connectivity index (χ4n) is 3.17. The minimum Gasteiger partial charge on any atom is -0.391 e. The van der Waals surface area contributed by atoms with Gasteiger partial charge in [-0.15, -0.1) is 11.6 Å². The van der Waals surface area contributed by atoms with Crippen molar-refractivity contribution in [3.05, 3.63) is 35.9 Å². The van der Waals surface area contributed by atoms with E-state index in [0.717, 1.165) is 12.8 Å². The number of amidine groups is 1. The third kappa shape index (κ3) is 4.56. The molecule has 1 aromatic rings. The van der Waals surface area contributed by atoms with Gasteiger partial charge in [0.2, 0.25) is 0 Å². The normalized spacial score (nSPS) is 23.1. The van der Waals surface area contributed by atoms with E-state index >= 15 is 0 Å². The molecule has 2 aliphatic heterocycles. The van der Waals surface area contributed by atoms with Crippen LogP contribution in [0.3, 0.4) is 0 Å². The highest BCUT2D eigenvalue weighted by Gasteiger charge is 2.48. The Morgan fingerprint density at radius 1 is 1.33 bits per heavy atom. The van der Waals surface area contributed by atoms with Gasteiger partial charge in [-0.2, -0.15) is 0 Å². The number of rotatable bonds is 7. The molecule has 7 nitrogen and oxygen atoms in total. The van der Waals surface area contributed by atoms with Crippen LogP contribution in [0.5, 0.6) is 0 Å². The third-order valence-corrected chi connectivity index (χ3v) is 6.12. The third-order valence-electron chi connectivity index (χ3n) is 4.61. The maximum Gasteiger partial charge on any atom is 0.325 e. The lowest BCUT2D eigenvalue weighted by molar-refractivity contribution is -0.127. The van der Waals surface area contributed by atoms with Crippen molar-refractivity contribution < 1.29 is 14.7 Å². The minimum absolute atomic E-state index is 0.139. The van der Waals surface area contributed by atoms with Crippen LogP contribution in [0.4, 0.5) is 4.79 Å². The van der Waals surface area contributed by atoms with E-state index in [1.54, 1.807) is 7.05 Å². The number of thioether (sulfide) groups is 1. The number of aliphatic hydroxyl groups is 1. The number of likely N-dealkylation sites (N-methyl/N-ethyl adjacent to an activating group) is 1. The standard InChI is InChI=1S/C18H23ClN4O3S/c1-22-15-14(16(25)21-17(22)26)23(18(20-15)27-11-13(24)10-19)9-5-8-12-6-3-2-4-7-12/h2-4,6-7,13-15,24H,5,8-11H2,1H3,(H,21,25,26). The molecule has 0 spiro atoms. The summed E-state index contributed by atoms with van der Waals surface area (Å²) in [5.74, 6) is 0.191. The first-order valence-electron chi connectivity index (χ1n) is 8.84. The summed E-state index contributed by atoms with van der Waals surface area (Å²) in [5, 5.41) is 12.8. The lowest BCUT2D eigenvalue weighted by atomic mass is 10.1. The maximum atomic E-state index is 12.5. The molecule has 146 valence electrons. The Morgan fingerprint density at radius 2 is 2.07 bits per heavy atom. The Balaban J connectivity index is 1.71. The number of imide groups is 1. The largest absolute Gasteiger partial charge is 0.391 e. The molecule has 0 aromatic heterocycles. The highest BCUT2D eigenvalue weighted by Crippen LogP contribution is 2.29. The number of nitrogens with zero attached hydrogens (tertiary/aromatic N) is 3. The zero-order chi connectivity index (χ0) is 19.4. The van der Waals surface area contributed by atoms with Crippen molar-refractivity contribution in [3.63, 3.8) is 0 Å². The van der Waals surface area contributed by atoms with E-state index in [2.05, 4.69) is 22.4 Å². The van der Waals surface area contributed by atoms with Crippen molar-refractivity contribution in [1.29, 1.82) is 0 Å². The molecule has 9 heteroatoms. The summed E-state index contributed by atoms with van der Waals surface area (Å²) < 4.78 is 0. The SMILES string of the molecule is CN1C(=O)NC(=O)C2C1N=C(SCC(O)CCl)N2CCCc1ccccc1. The molecule has 0 radical (unpaired) electrons. The van der Waals surface area contributed by atoms with Gasteiger partial charge >= 0.3 is 6.03 Å². The first-order valence-corrected chi connectivity index (χ1v) is 10.4. The predicted octanol–water partition coefficient (Wildman–Crippen LogP) is 1.50. The number of alkyl halides is 1. The fraction of sp³-hybridized carbons (Fsp3) is 0.500. The lowest BCUT2D eigenvalue weighted by Gasteiger charge is -2.36. The molecule has 0 saturated carbocycles. The van der Waals surface area contributed by atoms with Crippen LogP contribution in [0.25, 0.3) is 0 Å². The summed E-state index contributed by atoms with van der Waals surface area (Å²) in [6.07, 6.45) is 0.531. The Kier molecular flexibility index (Phi) is 6.62. The average molecular weight is 411 g/mol. The van der Waals surface area contributed by atoms with E-state index in [-0.39, 0.29) is 11.8 Å². The topological polar surface area (TPSA) is 85.2 Å². The number of carbonyl (C=O) groups excluding carboxylic acids is 2. The number of nitrogens with one attached hydrogen (secondary N) is 1. The second-order valence-electron chi connectivity index (χ2n) is 6.58. The zero-order valence-corrected chi connectivity index (χ0v) is 16.6. The van der Waals surface area contributed by atoms with Crippen molar-refractivity contribution in [2.45, 2.75) is 31.2 Å². The van der Waals surface area contributed by atoms with Crippen LogP contribution in [0, 0.1) is 0 Å². The highest BCUT2D eigenvalue weighted by atomic mass is 35.5. The van der Waals surface area contributed by atoms with Gasteiger partial charge in [0.25, 0.3) is 5.91 Å². The van der Waals surface area contributed by atoms with Gasteiger partial charge in [-0.3, -0.25) is 10.1 Å². The lowest BCUT2D eigenvalue weighted by Crippen LogP contribution is -2.63. The molecule has 3 amide bonds. The van der Waals surface area contributed by atoms with E-state index in [1.165, 1.54) is 22.2 Å². The quantitative estimate of drug-likeness (QED) is 0.665. The molecular formula is C18H23ClN4O3S. The number of aryl methyl sites for hydroxylation is 1. The Bertz CT molecular complexity index is 718. The van der Waals surface area contributed by atoms with Gasteiger partial charge in [-0.25, -0.2) is 9.79 Å². The molecule has 2 heterocycles. The van der Waals surface area contributed by atoms with Crippen molar-refractivity contribution in [3.8, 4) is 0 Å². The van der Waals surface area contributed by atoms with E-state index in [0.29, 0.717) is 17.5 Å². The molecule has 3 atom stereocenters. The van der Waals surface area contributed by atoms with Crippen LogP contribution in [-0.4, -0.2) is 75.5 Å². The minimum atomic E-state index is -0.652. The van der Waals surface area contributed by atoms with Gasteiger partial charge in [0.1, 0.15) is 0 Å². The first kappa shape index (κ1) is 20.0. The molecule has 1 fully saturated rings. The molecule has 1 saturated heterocycles. The predicted molar refractivity (Wildman–Crippen MR) is 107 cm³/mol. The number of urea groups is 1. The maximum absolute atomic E-state index is 12.5.